The van der Waals surface area contributed by atoms with Gasteiger partial charge in [0.1, 0.15) is 0 Å². The highest BCUT2D eigenvalue weighted by atomic mass is 16.4. The minimum atomic E-state index is -0.880. The standard InChI is InChI=1S/C12H22N2O3/c1-9(10-3-2-5-13-8-10)7-11(15)14-6-4-12(16)17/h9-10,13H,2-8H2,1H3,(H,14,15)(H,16,17). The number of amides is 1. The quantitative estimate of drug-likeness (QED) is 0.637. The molecular formula is C12H22N2O3. The van der Waals surface area contributed by atoms with Crippen LogP contribution in [0.5, 0.6) is 0 Å². The van der Waals surface area contributed by atoms with Crippen LogP contribution in [0.4, 0.5) is 0 Å². The van der Waals surface area contributed by atoms with Gasteiger partial charge in [-0.3, -0.25) is 9.59 Å². The van der Waals surface area contributed by atoms with Gasteiger partial charge in [-0.25, -0.2) is 0 Å². The molecule has 3 N–H and O–H groups in total. The van der Waals surface area contributed by atoms with E-state index >= 15 is 0 Å². The van der Waals surface area contributed by atoms with Crippen LogP contribution in [0.15, 0.2) is 0 Å². The van der Waals surface area contributed by atoms with Crippen molar-refractivity contribution in [1.82, 2.24) is 10.6 Å². The van der Waals surface area contributed by atoms with Crippen molar-refractivity contribution < 1.29 is 14.7 Å². The molecule has 0 aromatic rings. The molecule has 0 spiro atoms. The Morgan fingerprint density at radius 3 is 2.88 bits per heavy atom. The third-order valence-corrected chi connectivity index (χ3v) is 3.31. The molecular weight excluding hydrogens is 220 g/mol. The molecule has 0 aromatic carbocycles. The Morgan fingerprint density at radius 1 is 1.53 bits per heavy atom. The van der Waals surface area contributed by atoms with Crippen LogP contribution in [0.3, 0.4) is 0 Å². The summed E-state index contributed by atoms with van der Waals surface area (Å²) < 4.78 is 0. The molecule has 0 radical (unpaired) electrons. The molecule has 1 fully saturated rings. The Balaban J connectivity index is 2.18. The summed E-state index contributed by atoms with van der Waals surface area (Å²) in [4.78, 5) is 21.8. The summed E-state index contributed by atoms with van der Waals surface area (Å²) in [6.45, 7) is 4.38. The van der Waals surface area contributed by atoms with Gasteiger partial charge in [-0.1, -0.05) is 6.92 Å². The van der Waals surface area contributed by atoms with Crippen LogP contribution >= 0.6 is 0 Å². The van der Waals surface area contributed by atoms with Gasteiger partial charge in [0.05, 0.1) is 6.42 Å². The van der Waals surface area contributed by atoms with Gasteiger partial charge in [0.2, 0.25) is 5.91 Å². The van der Waals surface area contributed by atoms with Crippen LogP contribution in [-0.4, -0.2) is 36.6 Å². The molecule has 2 atom stereocenters. The summed E-state index contributed by atoms with van der Waals surface area (Å²) in [5.74, 6) is 0.000698. The molecule has 1 amide bonds. The second-order valence-corrected chi connectivity index (χ2v) is 4.78. The highest BCUT2D eigenvalue weighted by Gasteiger charge is 2.21. The molecule has 1 heterocycles. The van der Waals surface area contributed by atoms with Crippen molar-refractivity contribution >= 4 is 11.9 Å². The predicted octanol–water partition coefficient (Wildman–Crippen LogP) is 0.603. The van der Waals surface area contributed by atoms with E-state index in [1.54, 1.807) is 0 Å². The van der Waals surface area contributed by atoms with Crippen LogP contribution in [0.25, 0.3) is 0 Å². The molecule has 0 aromatic heterocycles. The minimum absolute atomic E-state index is 0.00882. The molecule has 1 aliphatic heterocycles. The first-order valence-corrected chi connectivity index (χ1v) is 6.29. The van der Waals surface area contributed by atoms with Crippen LogP contribution in [0, 0.1) is 11.8 Å². The number of carboxylic acid groups (broad SMARTS) is 1. The third kappa shape index (κ3) is 5.68. The van der Waals surface area contributed by atoms with E-state index < -0.39 is 5.97 Å². The van der Waals surface area contributed by atoms with Crippen LogP contribution < -0.4 is 10.6 Å². The summed E-state index contributed by atoms with van der Waals surface area (Å²) in [6.07, 6.45) is 2.84. The molecule has 2 unspecified atom stereocenters. The fraction of sp³-hybridized carbons (Fsp3) is 0.833. The molecule has 1 saturated heterocycles. The second-order valence-electron chi connectivity index (χ2n) is 4.78. The van der Waals surface area contributed by atoms with Gasteiger partial charge in [-0.05, 0) is 37.8 Å². The number of carbonyl (C=O) groups is 2. The van der Waals surface area contributed by atoms with Crippen LogP contribution in [0.1, 0.15) is 32.6 Å². The molecule has 1 rings (SSSR count). The number of aliphatic carboxylic acids is 1. The zero-order valence-corrected chi connectivity index (χ0v) is 10.4. The van der Waals surface area contributed by atoms with Gasteiger partial charge in [-0.15, -0.1) is 0 Å². The maximum Gasteiger partial charge on any atom is 0.305 e. The lowest BCUT2D eigenvalue weighted by molar-refractivity contribution is -0.136. The fourth-order valence-corrected chi connectivity index (χ4v) is 2.20. The zero-order chi connectivity index (χ0) is 12.7. The average molecular weight is 242 g/mol. The van der Waals surface area contributed by atoms with Gasteiger partial charge in [-0.2, -0.15) is 0 Å². The van der Waals surface area contributed by atoms with Gasteiger partial charge in [0, 0.05) is 13.0 Å². The topological polar surface area (TPSA) is 78.4 Å². The van der Waals surface area contributed by atoms with Crippen molar-refractivity contribution in [2.24, 2.45) is 11.8 Å². The zero-order valence-electron chi connectivity index (χ0n) is 10.4. The Morgan fingerprint density at radius 2 is 2.29 bits per heavy atom. The number of carbonyl (C=O) groups excluding carboxylic acids is 1. The van der Waals surface area contributed by atoms with Gasteiger partial charge in [0.25, 0.3) is 0 Å². The molecule has 1 aliphatic rings. The first-order valence-electron chi connectivity index (χ1n) is 6.29. The van der Waals surface area contributed by atoms with Crippen molar-refractivity contribution in [1.29, 1.82) is 0 Å². The summed E-state index contributed by atoms with van der Waals surface area (Å²) in [5.41, 5.74) is 0. The lowest BCUT2D eigenvalue weighted by atomic mass is 9.85. The molecule has 0 aliphatic carbocycles. The van der Waals surface area contributed by atoms with Crippen LogP contribution in [0.2, 0.25) is 0 Å². The van der Waals surface area contributed by atoms with E-state index in [4.69, 9.17) is 5.11 Å². The molecule has 5 heteroatoms. The Hall–Kier alpha value is -1.10. The number of hydrogen-bond acceptors (Lipinski definition) is 3. The maximum atomic E-state index is 11.6. The summed E-state index contributed by atoms with van der Waals surface area (Å²) in [6, 6.07) is 0. The molecule has 98 valence electrons. The van der Waals surface area contributed by atoms with E-state index in [1.807, 2.05) is 0 Å². The van der Waals surface area contributed by atoms with Crippen LogP contribution in [-0.2, 0) is 9.59 Å². The first kappa shape index (κ1) is 14.0. The van der Waals surface area contributed by atoms with E-state index in [1.165, 1.54) is 12.8 Å². The fourth-order valence-electron chi connectivity index (χ4n) is 2.20. The SMILES string of the molecule is CC(CC(=O)NCCC(=O)O)C1CCCNC1. The van der Waals surface area contributed by atoms with E-state index in [-0.39, 0.29) is 18.9 Å². The summed E-state index contributed by atoms with van der Waals surface area (Å²) in [7, 11) is 0. The normalized spacial score (nSPS) is 21.8. The number of hydrogen-bond donors (Lipinski definition) is 3. The summed E-state index contributed by atoms with van der Waals surface area (Å²) in [5, 5.41) is 14.4. The largest absolute Gasteiger partial charge is 0.481 e. The van der Waals surface area contributed by atoms with Gasteiger partial charge < -0.3 is 15.7 Å². The van der Waals surface area contributed by atoms with Gasteiger partial charge in [0.15, 0.2) is 0 Å². The van der Waals surface area contributed by atoms with Crippen molar-refractivity contribution in [2.75, 3.05) is 19.6 Å². The number of nitrogens with one attached hydrogen (secondary N) is 2. The number of carboxylic acids is 1. The minimum Gasteiger partial charge on any atom is -0.481 e. The first-order chi connectivity index (χ1) is 8.09. The Labute approximate surface area is 102 Å². The Kier molecular flexibility index (Phi) is 5.97. The van der Waals surface area contributed by atoms with E-state index in [2.05, 4.69) is 17.6 Å². The lowest BCUT2D eigenvalue weighted by Crippen LogP contribution is -2.36. The van der Waals surface area contributed by atoms with E-state index in [0.29, 0.717) is 18.3 Å². The van der Waals surface area contributed by atoms with Crippen molar-refractivity contribution in [3.8, 4) is 0 Å². The summed E-state index contributed by atoms with van der Waals surface area (Å²) >= 11 is 0. The predicted molar refractivity (Wildman–Crippen MR) is 64.6 cm³/mol. The molecule has 0 bridgehead atoms. The van der Waals surface area contributed by atoms with E-state index in [9.17, 15) is 9.59 Å². The average Bonchev–Trinajstić information content (AvgIpc) is 2.29. The van der Waals surface area contributed by atoms with Crippen molar-refractivity contribution in [3.05, 3.63) is 0 Å². The van der Waals surface area contributed by atoms with Gasteiger partial charge >= 0.3 is 5.97 Å². The highest BCUT2D eigenvalue weighted by molar-refractivity contribution is 5.77. The number of rotatable bonds is 6. The monoisotopic (exact) mass is 242 g/mol. The number of piperidine rings is 1. The lowest BCUT2D eigenvalue weighted by Gasteiger charge is -2.27. The maximum absolute atomic E-state index is 11.6. The van der Waals surface area contributed by atoms with E-state index in [0.717, 1.165) is 13.1 Å². The van der Waals surface area contributed by atoms with Crippen molar-refractivity contribution in [2.45, 2.75) is 32.6 Å². The van der Waals surface area contributed by atoms with Crippen molar-refractivity contribution in [3.63, 3.8) is 0 Å². The Bertz CT molecular complexity index is 262. The smallest absolute Gasteiger partial charge is 0.305 e. The highest BCUT2D eigenvalue weighted by Crippen LogP contribution is 2.22. The molecule has 17 heavy (non-hydrogen) atoms. The molecule has 5 nitrogen and oxygen atoms in total. The molecule has 0 saturated carbocycles. The second kappa shape index (κ2) is 7.27. The third-order valence-electron chi connectivity index (χ3n) is 3.31.